The molecule has 0 aromatic heterocycles. The number of anilines is 1. The Balaban J connectivity index is 0.00000225. The van der Waals surface area contributed by atoms with Crippen molar-refractivity contribution >= 4 is 29.9 Å². The molecule has 1 aliphatic carbocycles. The van der Waals surface area contributed by atoms with Gasteiger partial charge in [-0.25, -0.2) is 0 Å². The van der Waals surface area contributed by atoms with Crippen molar-refractivity contribution in [2.75, 3.05) is 25.5 Å². The Morgan fingerprint density at radius 1 is 1.24 bits per heavy atom. The highest BCUT2D eigenvalue weighted by molar-refractivity contribution is 5.99. The van der Waals surface area contributed by atoms with Crippen molar-refractivity contribution in [3.8, 4) is 5.75 Å². The predicted octanol–water partition coefficient (Wildman–Crippen LogP) is 2.42. The standard InChI is InChI=1S/C18H25N3O3.ClH/c1-24-16-7-5-13(18(23)21-8-2-3-9-21)11-15(16)20-17(22)12-4-6-14(19)10-12;/h5,7,11-12,14H,2-4,6,8-10,19H2,1H3,(H,20,22);1H. The van der Waals surface area contributed by atoms with E-state index in [2.05, 4.69) is 5.32 Å². The number of ether oxygens (including phenoxy) is 1. The zero-order valence-corrected chi connectivity index (χ0v) is 15.3. The molecule has 6 nitrogen and oxygen atoms in total. The first-order chi connectivity index (χ1) is 11.6. The van der Waals surface area contributed by atoms with Crippen LogP contribution in [0.3, 0.4) is 0 Å². The summed E-state index contributed by atoms with van der Waals surface area (Å²) in [7, 11) is 1.55. The van der Waals surface area contributed by atoms with E-state index < -0.39 is 0 Å². The Hall–Kier alpha value is -1.79. The Kier molecular flexibility index (Phi) is 6.67. The number of halogens is 1. The van der Waals surface area contributed by atoms with Crippen LogP contribution < -0.4 is 15.8 Å². The summed E-state index contributed by atoms with van der Waals surface area (Å²) in [4.78, 5) is 26.8. The van der Waals surface area contributed by atoms with Gasteiger partial charge in [0.15, 0.2) is 0 Å². The molecule has 1 aliphatic heterocycles. The number of likely N-dealkylation sites (tertiary alicyclic amines) is 1. The SMILES string of the molecule is COc1ccc(C(=O)N2CCCC2)cc1NC(=O)C1CCC(N)C1.Cl. The van der Waals surface area contributed by atoms with Gasteiger partial charge in [0.1, 0.15) is 5.75 Å². The lowest BCUT2D eigenvalue weighted by molar-refractivity contribution is -0.119. The second-order valence-corrected chi connectivity index (χ2v) is 6.67. The zero-order chi connectivity index (χ0) is 17.1. The molecule has 0 radical (unpaired) electrons. The lowest BCUT2D eigenvalue weighted by Gasteiger charge is -2.18. The summed E-state index contributed by atoms with van der Waals surface area (Å²) in [5, 5.41) is 2.92. The third-order valence-electron chi connectivity index (χ3n) is 4.94. The van der Waals surface area contributed by atoms with Gasteiger partial charge >= 0.3 is 0 Å². The molecule has 3 N–H and O–H groups in total. The van der Waals surface area contributed by atoms with E-state index in [9.17, 15) is 9.59 Å². The van der Waals surface area contributed by atoms with E-state index in [4.69, 9.17) is 10.5 Å². The van der Waals surface area contributed by atoms with Crippen LogP contribution in [0.2, 0.25) is 0 Å². The Morgan fingerprint density at radius 2 is 1.96 bits per heavy atom. The van der Waals surface area contributed by atoms with E-state index in [1.54, 1.807) is 25.3 Å². The van der Waals surface area contributed by atoms with Gasteiger partial charge < -0.3 is 20.7 Å². The minimum atomic E-state index is -0.0670. The number of carbonyl (C=O) groups excluding carboxylic acids is 2. The van der Waals surface area contributed by atoms with Crippen LogP contribution in [-0.4, -0.2) is 43.0 Å². The van der Waals surface area contributed by atoms with Gasteiger partial charge in [0, 0.05) is 30.6 Å². The molecule has 138 valence electrons. The van der Waals surface area contributed by atoms with Crippen molar-refractivity contribution in [3.63, 3.8) is 0 Å². The molecule has 3 rings (SSSR count). The maximum Gasteiger partial charge on any atom is 0.253 e. The Bertz CT molecular complexity index is 632. The van der Waals surface area contributed by atoms with Gasteiger partial charge in [-0.3, -0.25) is 9.59 Å². The summed E-state index contributed by atoms with van der Waals surface area (Å²) in [6.07, 6.45) is 4.49. The van der Waals surface area contributed by atoms with Gasteiger partial charge in [0.2, 0.25) is 5.91 Å². The van der Waals surface area contributed by atoms with Crippen LogP contribution in [-0.2, 0) is 4.79 Å². The molecular weight excluding hydrogens is 342 g/mol. The molecule has 2 aliphatic rings. The maximum atomic E-state index is 12.5. The van der Waals surface area contributed by atoms with Gasteiger partial charge in [-0.2, -0.15) is 0 Å². The fraction of sp³-hybridized carbons (Fsp3) is 0.556. The van der Waals surface area contributed by atoms with Crippen LogP contribution in [0, 0.1) is 5.92 Å². The van der Waals surface area contributed by atoms with E-state index >= 15 is 0 Å². The van der Waals surface area contributed by atoms with Crippen LogP contribution in [0.1, 0.15) is 42.5 Å². The number of hydrogen-bond acceptors (Lipinski definition) is 4. The van der Waals surface area contributed by atoms with Crippen molar-refractivity contribution in [1.82, 2.24) is 4.90 Å². The molecule has 2 fully saturated rings. The molecule has 7 heteroatoms. The molecule has 1 aromatic rings. The van der Waals surface area contributed by atoms with E-state index in [-0.39, 0.29) is 36.2 Å². The molecule has 1 aromatic carbocycles. The van der Waals surface area contributed by atoms with Gasteiger partial charge in [-0.15, -0.1) is 12.4 Å². The molecule has 2 atom stereocenters. The monoisotopic (exact) mass is 367 g/mol. The molecule has 2 unspecified atom stereocenters. The number of hydrogen-bond donors (Lipinski definition) is 2. The minimum Gasteiger partial charge on any atom is -0.495 e. The predicted molar refractivity (Wildman–Crippen MR) is 99.3 cm³/mol. The second-order valence-electron chi connectivity index (χ2n) is 6.67. The molecule has 0 bridgehead atoms. The Labute approximate surface area is 154 Å². The maximum absolute atomic E-state index is 12.5. The zero-order valence-electron chi connectivity index (χ0n) is 14.5. The van der Waals surface area contributed by atoms with Crippen molar-refractivity contribution < 1.29 is 14.3 Å². The van der Waals surface area contributed by atoms with Crippen LogP contribution in [0.4, 0.5) is 5.69 Å². The number of amides is 2. The van der Waals surface area contributed by atoms with E-state index in [1.165, 1.54) is 0 Å². The average molecular weight is 368 g/mol. The fourth-order valence-electron chi connectivity index (χ4n) is 3.53. The molecule has 1 saturated carbocycles. The number of nitrogens with zero attached hydrogens (tertiary/aromatic N) is 1. The van der Waals surface area contributed by atoms with Gasteiger partial charge in [-0.1, -0.05) is 0 Å². The first kappa shape index (κ1) is 19.5. The van der Waals surface area contributed by atoms with E-state index in [0.717, 1.165) is 38.8 Å². The lowest BCUT2D eigenvalue weighted by Crippen LogP contribution is -2.28. The summed E-state index contributed by atoms with van der Waals surface area (Å²) < 4.78 is 5.33. The molecular formula is C18H26ClN3O3. The summed E-state index contributed by atoms with van der Waals surface area (Å²) in [5.41, 5.74) is 7.02. The highest BCUT2D eigenvalue weighted by Crippen LogP contribution is 2.30. The number of rotatable bonds is 4. The molecule has 25 heavy (non-hydrogen) atoms. The third-order valence-corrected chi connectivity index (χ3v) is 4.94. The Morgan fingerprint density at radius 3 is 2.56 bits per heavy atom. The number of nitrogens with two attached hydrogens (primary N) is 1. The van der Waals surface area contributed by atoms with Crippen molar-refractivity contribution in [3.05, 3.63) is 23.8 Å². The number of carbonyl (C=O) groups is 2. The second kappa shape index (κ2) is 8.54. The smallest absolute Gasteiger partial charge is 0.253 e. The van der Waals surface area contributed by atoms with Gasteiger partial charge in [0.25, 0.3) is 5.91 Å². The highest BCUT2D eigenvalue weighted by Gasteiger charge is 2.28. The van der Waals surface area contributed by atoms with Crippen molar-refractivity contribution in [2.24, 2.45) is 11.7 Å². The highest BCUT2D eigenvalue weighted by atomic mass is 35.5. The largest absolute Gasteiger partial charge is 0.495 e. The van der Waals surface area contributed by atoms with Crippen molar-refractivity contribution in [1.29, 1.82) is 0 Å². The first-order valence-electron chi connectivity index (χ1n) is 8.62. The van der Waals surface area contributed by atoms with Crippen LogP contribution in [0.25, 0.3) is 0 Å². The van der Waals surface area contributed by atoms with Crippen LogP contribution in [0.15, 0.2) is 18.2 Å². The average Bonchev–Trinajstić information content (AvgIpc) is 3.25. The molecule has 0 spiro atoms. The minimum absolute atomic E-state index is 0. The number of nitrogens with one attached hydrogen (secondary N) is 1. The van der Waals surface area contributed by atoms with Gasteiger partial charge in [-0.05, 0) is 50.3 Å². The summed E-state index contributed by atoms with van der Waals surface area (Å²) in [6.45, 7) is 1.60. The van der Waals surface area contributed by atoms with Gasteiger partial charge in [0.05, 0.1) is 12.8 Å². The number of benzene rings is 1. The number of methoxy groups -OCH3 is 1. The quantitative estimate of drug-likeness (QED) is 0.855. The topological polar surface area (TPSA) is 84.7 Å². The lowest BCUT2D eigenvalue weighted by atomic mass is 10.1. The normalized spacial score (nSPS) is 22.4. The first-order valence-corrected chi connectivity index (χ1v) is 8.62. The third kappa shape index (κ3) is 4.44. The molecule has 2 amide bonds. The van der Waals surface area contributed by atoms with E-state index in [0.29, 0.717) is 23.4 Å². The fourth-order valence-corrected chi connectivity index (χ4v) is 3.53. The summed E-state index contributed by atoms with van der Waals surface area (Å²) in [6, 6.07) is 5.30. The summed E-state index contributed by atoms with van der Waals surface area (Å²) >= 11 is 0. The van der Waals surface area contributed by atoms with E-state index in [1.807, 2.05) is 4.90 Å². The summed E-state index contributed by atoms with van der Waals surface area (Å²) in [5.74, 6) is 0.451. The van der Waals surface area contributed by atoms with Crippen LogP contribution in [0.5, 0.6) is 5.75 Å². The molecule has 1 saturated heterocycles. The van der Waals surface area contributed by atoms with Crippen LogP contribution >= 0.6 is 12.4 Å². The van der Waals surface area contributed by atoms with Crippen molar-refractivity contribution in [2.45, 2.75) is 38.1 Å². The molecule has 1 heterocycles.